The largest absolute Gasteiger partial charge is 0.381 e. The van der Waals surface area contributed by atoms with Gasteiger partial charge >= 0.3 is 0 Å². The predicted molar refractivity (Wildman–Crippen MR) is 122 cm³/mol. The van der Waals surface area contributed by atoms with Crippen LogP contribution in [0.2, 0.25) is 0 Å². The van der Waals surface area contributed by atoms with E-state index in [1.807, 2.05) is 12.1 Å². The van der Waals surface area contributed by atoms with Gasteiger partial charge in [-0.1, -0.05) is 25.3 Å². The fourth-order valence-electron chi connectivity index (χ4n) is 5.07. The van der Waals surface area contributed by atoms with Crippen molar-refractivity contribution in [3.05, 3.63) is 41.7 Å². The van der Waals surface area contributed by atoms with E-state index in [1.54, 1.807) is 25.4 Å². The maximum absolute atomic E-state index is 13.2. The molecule has 1 aromatic carbocycles. The summed E-state index contributed by atoms with van der Waals surface area (Å²) in [6.45, 7) is 1.12. The van der Waals surface area contributed by atoms with E-state index >= 15 is 0 Å². The van der Waals surface area contributed by atoms with E-state index in [1.165, 1.54) is 4.68 Å². The first kappa shape index (κ1) is 21.6. The van der Waals surface area contributed by atoms with Gasteiger partial charge in [-0.3, -0.25) is 19.1 Å². The molecule has 1 atom stereocenters. The van der Waals surface area contributed by atoms with Gasteiger partial charge in [0, 0.05) is 37.8 Å². The summed E-state index contributed by atoms with van der Waals surface area (Å²) in [5, 5.41) is 12.9. The zero-order valence-electron chi connectivity index (χ0n) is 18.7. The van der Waals surface area contributed by atoms with E-state index in [-0.39, 0.29) is 17.7 Å². The number of nitrogens with zero attached hydrogens (tertiary/aromatic N) is 2. The number of hydrogen-bond acceptors (Lipinski definition) is 5. The number of ether oxygens (including phenoxy) is 1. The summed E-state index contributed by atoms with van der Waals surface area (Å²) < 4.78 is 6.95. The summed E-state index contributed by atoms with van der Waals surface area (Å²) in [4.78, 5) is 38.7. The van der Waals surface area contributed by atoms with Crippen LogP contribution >= 0.6 is 0 Å². The minimum Gasteiger partial charge on any atom is -0.381 e. The molecule has 1 unspecified atom stereocenters. The molecule has 2 fully saturated rings. The fourth-order valence-corrected chi connectivity index (χ4v) is 5.07. The Morgan fingerprint density at radius 1 is 1.27 bits per heavy atom. The number of fused-ring (bicyclic) bond motifs is 2. The van der Waals surface area contributed by atoms with Crippen molar-refractivity contribution in [1.29, 1.82) is 0 Å². The van der Waals surface area contributed by atoms with Gasteiger partial charge in [-0.2, -0.15) is 5.10 Å². The van der Waals surface area contributed by atoms with Crippen LogP contribution in [0.15, 0.2) is 30.5 Å². The Morgan fingerprint density at radius 3 is 2.73 bits per heavy atom. The Balaban J connectivity index is 1.32. The molecular formula is C24H29N5O4. The highest BCUT2D eigenvalue weighted by Gasteiger charge is 2.47. The smallest absolute Gasteiger partial charge is 0.270 e. The average Bonchev–Trinajstić information content (AvgIpc) is 3.31. The molecule has 1 aromatic heterocycles. The highest BCUT2D eigenvalue weighted by Crippen LogP contribution is 2.45. The molecule has 9 heteroatoms. The van der Waals surface area contributed by atoms with Crippen LogP contribution in [-0.2, 0) is 26.8 Å². The van der Waals surface area contributed by atoms with E-state index in [0.717, 1.165) is 30.5 Å². The number of benzene rings is 1. The van der Waals surface area contributed by atoms with Crippen molar-refractivity contribution in [2.75, 3.05) is 23.8 Å². The quantitative estimate of drug-likeness (QED) is 0.624. The molecule has 1 aliphatic carbocycles. The third kappa shape index (κ3) is 4.01. The summed E-state index contributed by atoms with van der Waals surface area (Å²) in [5.74, 6) is -0.157. The van der Waals surface area contributed by atoms with E-state index in [9.17, 15) is 14.4 Å². The molecule has 2 aliphatic heterocycles. The molecule has 5 rings (SSSR count). The standard InChI is InChI=1S/C24H29N5O4/c1-29-20(7-10-25-29)22(31)27-19(13-15-3-2-4-15)21(30)26-16-5-6-17-18(14-16)28-23(32)24(17)8-11-33-12-9-24/h5-7,10,14-15,19H,2-4,8-9,11-13H2,1H3,(H,26,30)(H,27,31)(H,28,32). The van der Waals surface area contributed by atoms with Crippen molar-refractivity contribution in [2.24, 2.45) is 13.0 Å². The number of carbonyl (C=O) groups is 3. The molecule has 33 heavy (non-hydrogen) atoms. The Hall–Kier alpha value is -3.20. The van der Waals surface area contributed by atoms with Crippen LogP contribution in [0.4, 0.5) is 11.4 Å². The van der Waals surface area contributed by atoms with Crippen LogP contribution in [0.3, 0.4) is 0 Å². The summed E-state index contributed by atoms with van der Waals surface area (Å²) in [6, 6.07) is 6.53. The lowest BCUT2D eigenvalue weighted by molar-refractivity contribution is -0.124. The second kappa shape index (κ2) is 8.62. The Kier molecular flexibility index (Phi) is 5.65. The van der Waals surface area contributed by atoms with Gasteiger partial charge in [-0.05, 0) is 48.9 Å². The lowest BCUT2D eigenvalue weighted by atomic mass is 9.75. The van der Waals surface area contributed by atoms with Gasteiger partial charge in [0.25, 0.3) is 5.91 Å². The lowest BCUT2D eigenvalue weighted by Gasteiger charge is -2.31. The molecular weight excluding hydrogens is 422 g/mol. The molecule has 1 spiro atoms. The Labute approximate surface area is 192 Å². The number of aromatic nitrogens is 2. The number of hydrogen-bond donors (Lipinski definition) is 3. The highest BCUT2D eigenvalue weighted by atomic mass is 16.5. The molecule has 3 heterocycles. The van der Waals surface area contributed by atoms with Crippen molar-refractivity contribution in [3.8, 4) is 0 Å². The molecule has 3 aliphatic rings. The van der Waals surface area contributed by atoms with Gasteiger partial charge in [-0.25, -0.2) is 0 Å². The zero-order valence-corrected chi connectivity index (χ0v) is 18.7. The highest BCUT2D eigenvalue weighted by molar-refractivity contribution is 6.07. The second-order valence-electron chi connectivity index (χ2n) is 9.30. The molecule has 0 bridgehead atoms. The molecule has 1 saturated carbocycles. The molecule has 3 N–H and O–H groups in total. The zero-order chi connectivity index (χ0) is 23.0. The van der Waals surface area contributed by atoms with Gasteiger partial charge in [0.05, 0.1) is 5.41 Å². The van der Waals surface area contributed by atoms with E-state index in [2.05, 4.69) is 21.0 Å². The van der Waals surface area contributed by atoms with Gasteiger partial charge in [0.15, 0.2) is 0 Å². The number of carbonyl (C=O) groups excluding carboxylic acids is 3. The summed E-state index contributed by atoms with van der Waals surface area (Å²) in [5.41, 5.74) is 2.15. The van der Waals surface area contributed by atoms with Gasteiger partial charge in [0.2, 0.25) is 11.8 Å². The van der Waals surface area contributed by atoms with Gasteiger partial charge in [0.1, 0.15) is 11.7 Å². The second-order valence-corrected chi connectivity index (χ2v) is 9.30. The number of aryl methyl sites for hydroxylation is 1. The number of rotatable bonds is 6. The Morgan fingerprint density at radius 2 is 2.06 bits per heavy atom. The fraction of sp³-hybridized carbons (Fsp3) is 0.500. The van der Waals surface area contributed by atoms with Gasteiger partial charge in [-0.15, -0.1) is 0 Å². The van der Waals surface area contributed by atoms with Crippen LogP contribution in [0.5, 0.6) is 0 Å². The van der Waals surface area contributed by atoms with E-state index in [0.29, 0.717) is 49.8 Å². The topological polar surface area (TPSA) is 114 Å². The number of amides is 3. The van der Waals surface area contributed by atoms with Crippen molar-refractivity contribution in [3.63, 3.8) is 0 Å². The van der Waals surface area contributed by atoms with Crippen LogP contribution in [0, 0.1) is 5.92 Å². The van der Waals surface area contributed by atoms with Crippen LogP contribution in [0.1, 0.15) is 54.6 Å². The van der Waals surface area contributed by atoms with E-state index in [4.69, 9.17) is 4.74 Å². The van der Waals surface area contributed by atoms with Crippen molar-refractivity contribution in [1.82, 2.24) is 15.1 Å². The summed E-state index contributed by atoms with van der Waals surface area (Å²) in [7, 11) is 1.69. The maximum Gasteiger partial charge on any atom is 0.270 e. The normalized spacial score (nSPS) is 20.0. The third-order valence-electron chi connectivity index (χ3n) is 7.30. The maximum atomic E-state index is 13.2. The SMILES string of the molecule is Cn1nccc1C(=O)NC(CC1CCC1)C(=O)Nc1ccc2c(c1)NC(=O)C21CCOCC1. The van der Waals surface area contributed by atoms with Crippen LogP contribution in [-0.4, -0.2) is 46.8 Å². The van der Waals surface area contributed by atoms with E-state index < -0.39 is 11.5 Å². The van der Waals surface area contributed by atoms with Crippen molar-refractivity contribution < 1.29 is 19.1 Å². The Bertz CT molecular complexity index is 1080. The molecule has 3 amide bonds. The average molecular weight is 452 g/mol. The third-order valence-corrected chi connectivity index (χ3v) is 7.30. The minimum absolute atomic E-state index is 0.00410. The monoisotopic (exact) mass is 451 g/mol. The predicted octanol–water partition coefficient (Wildman–Crippen LogP) is 2.35. The first-order valence-corrected chi connectivity index (χ1v) is 11.6. The van der Waals surface area contributed by atoms with Crippen LogP contribution in [0.25, 0.3) is 0 Å². The molecule has 9 nitrogen and oxygen atoms in total. The summed E-state index contributed by atoms with van der Waals surface area (Å²) >= 11 is 0. The number of nitrogens with one attached hydrogen (secondary N) is 3. The first-order chi connectivity index (χ1) is 16.0. The van der Waals surface area contributed by atoms with Crippen molar-refractivity contribution >= 4 is 29.1 Å². The summed E-state index contributed by atoms with van der Waals surface area (Å²) in [6.07, 6.45) is 6.76. The first-order valence-electron chi connectivity index (χ1n) is 11.6. The number of anilines is 2. The molecule has 2 aromatic rings. The molecule has 174 valence electrons. The minimum atomic E-state index is -0.651. The van der Waals surface area contributed by atoms with Crippen molar-refractivity contribution in [2.45, 2.75) is 50.0 Å². The van der Waals surface area contributed by atoms with Crippen LogP contribution < -0.4 is 16.0 Å². The lowest BCUT2D eigenvalue weighted by Crippen LogP contribution is -2.46. The van der Waals surface area contributed by atoms with Gasteiger partial charge < -0.3 is 20.7 Å². The molecule has 0 radical (unpaired) electrons. The molecule has 1 saturated heterocycles.